The molecule has 1 unspecified atom stereocenters. The first-order valence-corrected chi connectivity index (χ1v) is 11.2. The van der Waals surface area contributed by atoms with Crippen LogP contribution in [0.4, 0.5) is 5.69 Å². The molecular weight excluding hydrogens is 412 g/mol. The highest BCUT2D eigenvalue weighted by atomic mass is 32.1. The number of amides is 2. The number of rotatable bonds is 6. The van der Waals surface area contributed by atoms with Gasteiger partial charge >= 0.3 is 0 Å². The summed E-state index contributed by atoms with van der Waals surface area (Å²) in [4.78, 5) is 35.9. The summed E-state index contributed by atoms with van der Waals surface area (Å²) in [6, 6.07) is 7.10. The minimum absolute atomic E-state index is 0.0245. The van der Waals surface area contributed by atoms with E-state index in [0.29, 0.717) is 31.5 Å². The highest BCUT2D eigenvalue weighted by molar-refractivity contribution is 7.14. The lowest BCUT2D eigenvalue weighted by Crippen LogP contribution is -2.50. The first kappa shape index (κ1) is 21.0. The topological polar surface area (TPSA) is 101 Å². The quantitative estimate of drug-likeness (QED) is 0.637. The normalized spacial score (nSPS) is 16.2. The van der Waals surface area contributed by atoms with Crippen molar-refractivity contribution < 1.29 is 9.59 Å². The van der Waals surface area contributed by atoms with E-state index < -0.39 is 6.04 Å². The van der Waals surface area contributed by atoms with Crippen LogP contribution in [0.15, 0.2) is 42.9 Å². The van der Waals surface area contributed by atoms with Crippen molar-refractivity contribution in [3.8, 4) is 10.6 Å². The lowest BCUT2D eigenvalue weighted by Gasteiger charge is -2.34. The number of benzene rings is 1. The zero-order chi connectivity index (χ0) is 21.6. The lowest BCUT2D eigenvalue weighted by atomic mass is 10.00. The summed E-state index contributed by atoms with van der Waals surface area (Å²) >= 11 is 1.51. The predicted octanol–water partition coefficient (Wildman–Crippen LogP) is 3.26. The first-order chi connectivity index (χ1) is 15.1. The Morgan fingerprint density at radius 3 is 2.90 bits per heavy atom. The van der Waals surface area contributed by atoms with E-state index in [2.05, 4.69) is 25.5 Å². The van der Waals surface area contributed by atoms with Crippen molar-refractivity contribution in [3.63, 3.8) is 0 Å². The number of aromatic nitrogens is 4. The average Bonchev–Trinajstić information content (AvgIpc) is 3.24. The average molecular weight is 437 g/mol. The van der Waals surface area contributed by atoms with Gasteiger partial charge in [-0.05, 0) is 44.7 Å². The molecule has 8 nitrogen and oxygen atoms in total. The summed E-state index contributed by atoms with van der Waals surface area (Å²) in [6.45, 7) is 2.51. The number of carbonyl (C=O) groups excluding carboxylic acids is 2. The molecule has 0 radical (unpaired) electrons. The van der Waals surface area contributed by atoms with Crippen LogP contribution >= 0.6 is 11.3 Å². The van der Waals surface area contributed by atoms with Crippen LogP contribution in [0.2, 0.25) is 0 Å². The molecule has 1 fully saturated rings. The number of hydrogen-bond acceptors (Lipinski definition) is 7. The minimum Gasteiger partial charge on any atom is -0.331 e. The third-order valence-electron chi connectivity index (χ3n) is 5.24. The van der Waals surface area contributed by atoms with E-state index in [0.717, 1.165) is 34.1 Å². The van der Waals surface area contributed by atoms with Crippen molar-refractivity contribution in [2.45, 2.75) is 45.1 Å². The van der Waals surface area contributed by atoms with Gasteiger partial charge in [-0.25, -0.2) is 0 Å². The van der Waals surface area contributed by atoms with Gasteiger partial charge in [-0.15, -0.1) is 10.2 Å². The van der Waals surface area contributed by atoms with Crippen LogP contribution in [0, 0.1) is 6.92 Å². The molecule has 3 heterocycles. The van der Waals surface area contributed by atoms with Gasteiger partial charge in [0.25, 0.3) is 0 Å². The largest absolute Gasteiger partial charge is 0.331 e. The monoisotopic (exact) mass is 436 g/mol. The molecule has 3 aromatic rings. The maximum atomic E-state index is 13.1. The second kappa shape index (κ2) is 9.74. The predicted molar refractivity (Wildman–Crippen MR) is 118 cm³/mol. The third kappa shape index (κ3) is 5.29. The van der Waals surface area contributed by atoms with E-state index in [1.807, 2.05) is 31.2 Å². The molecule has 9 heteroatoms. The summed E-state index contributed by atoms with van der Waals surface area (Å²) in [6.07, 6.45) is 8.22. The van der Waals surface area contributed by atoms with Gasteiger partial charge in [0, 0.05) is 42.8 Å². The smallest absolute Gasteiger partial charge is 0.247 e. The maximum Gasteiger partial charge on any atom is 0.247 e. The Kier molecular flexibility index (Phi) is 6.61. The van der Waals surface area contributed by atoms with Crippen molar-refractivity contribution in [1.82, 2.24) is 25.1 Å². The number of aryl methyl sites for hydroxylation is 2. The molecule has 1 saturated heterocycles. The number of hydrogen-bond donors (Lipinski definition) is 1. The van der Waals surface area contributed by atoms with Crippen molar-refractivity contribution >= 4 is 28.8 Å². The molecule has 0 saturated carbocycles. The molecule has 1 atom stereocenters. The molecule has 160 valence electrons. The molecule has 2 aromatic heterocycles. The number of carbonyl (C=O) groups is 2. The molecule has 31 heavy (non-hydrogen) atoms. The van der Waals surface area contributed by atoms with Crippen LogP contribution < -0.4 is 5.32 Å². The van der Waals surface area contributed by atoms with E-state index in [9.17, 15) is 9.59 Å². The standard InChI is InChI=1S/C22H24N6O2S/c1-15-26-27-22(31-15)16-5-4-6-17(13-16)25-21(30)19-7-2-3-12-28(19)20(29)9-8-18-14-23-10-11-24-18/h4-6,10-11,13-14,19H,2-3,7-9,12H2,1H3,(H,25,30). The molecule has 1 aliphatic heterocycles. The Labute approximate surface area is 184 Å². The molecular formula is C22H24N6O2S. The van der Waals surface area contributed by atoms with Crippen molar-refractivity contribution in [2.24, 2.45) is 0 Å². The van der Waals surface area contributed by atoms with Crippen LogP contribution in [-0.4, -0.2) is 49.5 Å². The van der Waals surface area contributed by atoms with Gasteiger partial charge < -0.3 is 10.2 Å². The summed E-state index contributed by atoms with van der Waals surface area (Å²) in [5.74, 6) is -0.179. The van der Waals surface area contributed by atoms with E-state index in [4.69, 9.17) is 0 Å². The number of piperidine rings is 1. The van der Waals surface area contributed by atoms with E-state index in [-0.39, 0.29) is 11.8 Å². The second-order valence-electron chi connectivity index (χ2n) is 7.49. The van der Waals surface area contributed by atoms with Gasteiger partial charge in [-0.3, -0.25) is 19.6 Å². The number of anilines is 1. The van der Waals surface area contributed by atoms with Gasteiger partial charge in [-0.1, -0.05) is 23.5 Å². The van der Waals surface area contributed by atoms with Crippen LogP contribution in [0.3, 0.4) is 0 Å². The molecule has 1 aliphatic rings. The fourth-order valence-electron chi connectivity index (χ4n) is 3.71. The summed E-state index contributed by atoms with van der Waals surface area (Å²) in [5, 5.41) is 12.9. The number of nitrogens with zero attached hydrogens (tertiary/aromatic N) is 5. The summed E-state index contributed by atoms with van der Waals surface area (Å²) in [5.41, 5.74) is 2.37. The van der Waals surface area contributed by atoms with Crippen LogP contribution in [0.1, 0.15) is 36.4 Å². The van der Waals surface area contributed by atoms with Crippen molar-refractivity contribution in [2.75, 3.05) is 11.9 Å². The highest BCUT2D eigenvalue weighted by Gasteiger charge is 2.32. The van der Waals surface area contributed by atoms with E-state index in [1.54, 1.807) is 23.5 Å². The van der Waals surface area contributed by atoms with Gasteiger partial charge in [0.2, 0.25) is 11.8 Å². The van der Waals surface area contributed by atoms with Crippen LogP contribution in [0.5, 0.6) is 0 Å². The maximum absolute atomic E-state index is 13.1. The SMILES string of the molecule is Cc1nnc(-c2cccc(NC(=O)C3CCCCN3C(=O)CCc3cnccn3)c2)s1. The van der Waals surface area contributed by atoms with Gasteiger partial charge in [-0.2, -0.15) is 0 Å². The van der Waals surface area contributed by atoms with E-state index in [1.165, 1.54) is 11.3 Å². The fraction of sp³-hybridized carbons (Fsp3) is 0.364. The molecule has 1 N–H and O–H groups in total. The zero-order valence-electron chi connectivity index (χ0n) is 17.3. The Bertz CT molecular complexity index is 1050. The Morgan fingerprint density at radius 1 is 1.23 bits per heavy atom. The summed E-state index contributed by atoms with van der Waals surface area (Å²) in [7, 11) is 0. The lowest BCUT2D eigenvalue weighted by molar-refractivity contribution is -0.140. The molecule has 4 rings (SSSR count). The Balaban J connectivity index is 1.42. The minimum atomic E-state index is -0.462. The summed E-state index contributed by atoms with van der Waals surface area (Å²) < 4.78 is 0. The Hall–Kier alpha value is -3.20. The van der Waals surface area contributed by atoms with Gasteiger partial charge in [0.1, 0.15) is 16.1 Å². The van der Waals surface area contributed by atoms with E-state index >= 15 is 0 Å². The highest BCUT2D eigenvalue weighted by Crippen LogP contribution is 2.26. The van der Waals surface area contributed by atoms with Crippen molar-refractivity contribution in [3.05, 3.63) is 53.6 Å². The van der Waals surface area contributed by atoms with Crippen LogP contribution in [-0.2, 0) is 16.0 Å². The van der Waals surface area contributed by atoms with Gasteiger partial charge in [0.15, 0.2) is 0 Å². The number of likely N-dealkylation sites (tertiary alicyclic amines) is 1. The molecule has 0 spiro atoms. The molecule has 0 bridgehead atoms. The molecule has 2 amide bonds. The number of nitrogens with one attached hydrogen (secondary N) is 1. The molecule has 1 aromatic carbocycles. The zero-order valence-corrected chi connectivity index (χ0v) is 18.1. The van der Waals surface area contributed by atoms with Crippen LogP contribution in [0.25, 0.3) is 10.6 Å². The van der Waals surface area contributed by atoms with Gasteiger partial charge in [0.05, 0.1) is 5.69 Å². The fourth-order valence-corrected chi connectivity index (χ4v) is 4.40. The van der Waals surface area contributed by atoms with Crippen molar-refractivity contribution in [1.29, 1.82) is 0 Å². The first-order valence-electron chi connectivity index (χ1n) is 10.4. The third-order valence-corrected chi connectivity index (χ3v) is 6.13. The second-order valence-corrected chi connectivity index (χ2v) is 8.67. The Morgan fingerprint density at radius 2 is 2.13 bits per heavy atom. The molecule has 0 aliphatic carbocycles.